The topological polar surface area (TPSA) is 15.6 Å². The largest absolute Gasteiger partial charge is 0.343 e. The van der Waals surface area contributed by atoms with Crippen LogP contribution in [-0.4, -0.2) is 24.8 Å². The van der Waals surface area contributed by atoms with E-state index in [1.54, 1.807) is 0 Å². The summed E-state index contributed by atoms with van der Waals surface area (Å²) < 4.78 is 0. The second kappa shape index (κ2) is 9.30. The van der Waals surface area contributed by atoms with E-state index in [4.69, 9.17) is 0 Å². The molecule has 0 saturated carbocycles. The van der Waals surface area contributed by atoms with Crippen molar-refractivity contribution >= 4 is 6.34 Å². The molecule has 0 N–H and O–H groups in total. The van der Waals surface area contributed by atoms with Crippen LogP contribution in [0.5, 0.6) is 0 Å². The predicted octanol–water partition coefficient (Wildman–Crippen LogP) is 3.06. The summed E-state index contributed by atoms with van der Waals surface area (Å²) in [7, 11) is 2.00. The van der Waals surface area contributed by atoms with Crippen LogP contribution in [0, 0.1) is 0 Å². The van der Waals surface area contributed by atoms with E-state index in [9.17, 15) is 0 Å². The van der Waals surface area contributed by atoms with Gasteiger partial charge >= 0.3 is 0 Å². The molecule has 0 aromatic rings. The molecule has 0 amide bonds. The second-order valence-electron chi connectivity index (χ2n) is 3.23. The Balaban J connectivity index is 3.30. The van der Waals surface area contributed by atoms with E-state index in [-0.39, 0.29) is 0 Å². The Hall–Kier alpha value is -0.790. The van der Waals surface area contributed by atoms with E-state index in [0.717, 1.165) is 6.54 Å². The zero-order chi connectivity index (χ0) is 9.94. The molecule has 0 aliphatic heterocycles. The average Bonchev–Trinajstić information content (AvgIpc) is 2.11. The highest BCUT2D eigenvalue weighted by molar-refractivity contribution is 5.55. The molecule has 0 spiro atoms. The molecule has 0 saturated heterocycles. The third-order valence-electron chi connectivity index (χ3n) is 1.79. The summed E-state index contributed by atoms with van der Waals surface area (Å²) in [4.78, 5) is 6.28. The number of hydrogen-bond acceptors (Lipinski definition) is 1. The zero-order valence-electron chi connectivity index (χ0n) is 9.16. The van der Waals surface area contributed by atoms with E-state index < -0.39 is 0 Å². The minimum atomic E-state index is 0.960. The van der Waals surface area contributed by atoms with Crippen molar-refractivity contribution in [3.8, 4) is 0 Å². The van der Waals surface area contributed by atoms with Crippen molar-refractivity contribution in [3.63, 3.8) is 0 Å². The van der Waals surface area contributed by atoms with Gasteiger partial charge in [0.2, 0.25) is 0 Å². The van der Waals surface area contributed by atoms with Gasteiger partial charge < -0.3 is 4.90 Å². The third kappa shape index (κ3) is 9.12. The Morgan fingerprint density at radius 3 is 2.62 bits per heavy atom. The van der Waals surface area contributed by atoms with Gasteiger partial charge in [-0.05, 0) is 13.3 Å². The molecule has 0 heterocycles. The fraction of sp³-hybridized carbons (Fsp3) is 0.727. The summed E-state index contributed by atoms with van der Waals surface area (Å²) >= 11 is 0. The van der Waals surface area contributed by atoms with Gasteiger partial charge in [-0.15, -0.1) is 0 Å². The summed E-state index contributed by atoms with van der Waals surface area (Å²) in [6, 6.07) is 0. The first-order chi connectivity index (χ1) is 6.31. The van der Waals surface area contributed by atoms with Gasteiger partial charge in [0.05, 0.1) is 6.34 Å². The SMILES string of the molecule is C/C=C\N(C)C=NCCCCCC. The Morgan fingerprint density at radius 1 is 1.23 bits per heavy atom. The van der Waals surface area contributed by atoms with E-state index >= 15 is 0 Å². The first kappa shape index (κ1) is 12.2. The first-order valence-corrected chi connectivity index (χ1v) is 5.16. The predicted molar refractivity (Wildman–Crippen MR) is 60.1 cm³/mol. The van der Waals surface area contributed by atoms with Gasteiger partial charge in [-0.3, -0.25) is 4.99 Å². The molecule has 2 heteroatoms. The van der Waals surface area contributed by atoms with Crippen molar-refractivity contribution in [2.75, 3.05) is 13.6 Å². The number of nitrogens with zero attached hydrogens (tertiary/aromatic N) is 2. The molecule has 0 aromatic heterocycles. The van der Waals surface area contributed by atoms with Crippen LogP contribution < -0.4 is 0 Å². The molecule has 0 aliphatic carbocycles. The normalized spacial score (nSPS) is 11.6. The van der Waals surface area contributed by atoms with Gasteiger partial charge in [0.15, 0.2) is 0 Å². The maximum atomic E-state index is 4.31. The number of aliphatic imine (C=N–C) groups is 1. The van der Waals surface area contributed by atoms with Crippen molar-refractivity contribution in [3.05, 3.63) is 12.3 Å². The van der Waals surface area contributed by atoms with Crippen LogP contribution in [-0.2, 0) is 0 Å². The monoisotopic (exact) mass is 182 g/mol. The lowest BCUT2D eigenvalue weighted by molar-refractivity contribution is 0.663. The van der Waals surface area contributed by atoms with Crippen molar-refractivity contribution in [2.24, 2.45) is 4.99 Å². The lowest BCUT2D eigenvalue weighted by atomic mass is 10.2. The number of rotatable bonds is 7. The summed E-state index contributed by atoms with van der Waals surface area (Å²) in [5.74, 6) is 0. The first-order valence-electron chi connectivity index (χ1n) is 5.16. The lowest BCUT2D eigenvalue weighted by Crippen LogP contribution is -2.06. The molecule has 0 aliphatic rings. The zero-order valence-corrected chi connectivity index (χ0v) is 9.16. The molecule has 0 bridgehead atoms. The Labute approximate surface area is 82.4 Å². The molecular weight excluding hydrogens is 160 g/mol. The molecule has 0 radical (unpaired) electrons. The Kier molecular flexibility index (Phi) is 8.73. The standard InChI is InChI=1S/C11H22N2/c1-4-6-7-8-9-12-11-13(3)10-5-2/h5,10-11H,4,6-9H2,1-3H3/b10-5-,12-11?. The number of unbranched alkanes of at least 4 members (excludes halogenated alkanes) is 3. The summed E-state index contributed by atoms with van der Waals surface area (Å²) in [5, 5.41) is 0. The molecule has 2 nitrogen and oxygen atoms in total. The summed E-state index contributed by atoms with van der Waals surface area (Å²) in [5.41, 5.74) is 0. The van der Waals surface area contributed by atoms with Crippen molar-refractivity contribution in [1.82, 2.24) is 4.90 Å². The summed E-state index contributed by atoms with van der Waals surface area (Å²) in [6.45, 7) is 5.19. The van der Waals surface area contributed by atoms with E-state index in [0.29, 0.717) is 0 Å². The third-order valence-corrected chi connectivity index (χ3v) is 1.79. The van der Waals surface area contributed by atoms with Crippen molar-refractivity contribution in [1.29, 1.82) is 0 Å². The lowest BCUT2D eigenvalue weighted by Gasteiger charge is -2.04. The molecule has 76 valence electrons. The van der Waals surface area contributed by atoms with Crippen molar-refractivity contribution in [2.45, 2.75) is 39.5 Å². The smallest absolute Gasteiger partial charge is 0.0886 e. The second-order valence-corrected chi connectivity index (χ2v) is 3.23. The molecule has 0 unspecified atom stereocenters. The molecule has 0 atom stereocenters. The Morgan fingerprint density at radius 2 is 2.00 bits per heavy atom. The van der Waals surface area contributed by atoms with Gasteiger partial charge in [-0.2, -0.15) is 0 Å². The van der Waals surface area contributed by atoms with Crippen LogP contribution in [0.1, 0.15) is 39.5 Å². The average molecular weight is 182 g/mol. The minimum Gasteiger partial charge on any atom is -0.343 e. The molecule has 13 heavy (non-hydrogen) atoms. The van der Waals surface area contributed by atoms with E-state index in [2.05, 4.69) is 11.9 Å². The van der Waals surface area contributed by atoms with E-state index in [1.807, 2.05) is 37.5 Å². The highest BCUT2D eigenvalue weighted by Crippen LogP contribution is 1.98. The van der Waals surface area contributed by atoms with Crippen molar-refractivity contribution < 1.29 is 0 Å². The highest BCUT2D eigenvalue weighted by atomic mass is 15.1. The Bertz CT molecular complexity index is 150. The van der Waals surface area contributed by atoms with Gasteiger partial charge in [0, 0.05) is 19.8 Å². The molecular formula is C11H22N2. The van der Waals surface area contributed by atoms with Crippen LogP contribution in [0.4, 0.5) is 0 Å². The molecule has 0 aromatic carbocycles. The number of hydrogen-bond donors (Lipinski definition) is 0. The van der Waals surface area contributed by atoms with Crippen LogP contribution in [0.15, 0.2) is 17.3 Å². The van der Waals surface area contributed by atoms with Crippen LogP contribution >= 0.6 is 0 Å². The summed E-state index contributed by atoms with van der Waals surface area (Å²) in [6.07, 6.45) is 11.0. The van der Waals surface area contributed by atoms with Gasteiger partial charge in [-0.25, -0.2) is 0 Å². The van der Waals surface area contributed by atoms with Crippen LogP contribution in [0.25, 0.3) is 0 Å². The number of allylic oxidation sites excluding steroid dienone is 1. The fourth-order valence-electron chi connectivity index (χ4n) is 1.09. The van der Waals surface area contributed by atoms with Crippen LogP contribution in [0.2, 0.25) is 0 Å². The highest BCUT2D eigenvalue weighted by Gasteiger charge is 1.85. The quantitative estimate of drug-likeness (QED) is 0.335. The maximum Gasteiger partial charge on any atom is 0.0886 e. The molecule has 0 fully saturated rings. The maximum absolute atomic E-state index is 4.31. The van der Waals surface area contributed by atoms with Gasteiger partial charge in [-0.1, -0.05) is 32.3 Å². The van der Waals surface area contributed by atoms with Gasteiger partial charge in [0.25, 0.3) is 0 Å². The fourth-order valence-corrected chi connectivity index (χ4v) is 1.09. The minimum absolute atomic E-state index is 0.960. The van der Waals surface area contributed by atoms with Crippen LogP contribution in [0.3, 0.4) is 0 Å². The van der Waals surface area contributed by atoms with Gasteiger partial charge in [0.1, 0.15) is 0 Å². The van der Waals surface area contributed by atoms with E-state index in [1.165, 1.54) is 25.7 Å². The molecule has 0 rings (SSSR count).